The molecule has 2 fully saturated rings. The van der Waals surface area contributed by atoms with Crippen molar-refractivity contribution in [2.24, 2.45) is 0 Å². The summed E-state index contributed by atoms with van der Waals surface area (Å²) < 4.78 is 35.7. The summed E-state index contributed by atoms with van der Waals surface area (Å²) >= 11 is 0. The number of aliphatic hydroxyl groups excluding tert-OH is 8. The van der Waals surface area contributed by atoms with Gasteiger partial charge >= 0.3 is 0 Å². The van der Waals surface area contributed by atoms with Crippen molar-refractivity contribution in [1.29, 1.82) is 0 Å². The number of rotatable bonds is 18. The van der Waals surface area contributed by atoms with Crippen molar-refractivity contribution in [2.75, 3.05) is 39.6 Å². The van der Waals surface area contributed by atoms with Crippen LogP contribution in [-0.2, 0) is 54.7 Å². The van der Waals surface area contributed by atoms with Gasteiger partial charge in [-0.15, -0.1) is 10.2 Å². The fourth-order valence-electron chi connectivity index (χ4n) is 4.58. The Bertz CT molecular complexity index is 1040. The summed E-state index contributed by atoms with van der Waals surface area (Å²) in [6.45, 7) is 0.872. The lowest BCUT2D eigenvalue weighted by molar-refractivity contribution is -0.301. The summed E-state index contributed by atoms with van der Waals surface area (Å²) in [6.07, 6.45) is -9.42. The summed E-state index contributed by atoms with van der Waals surface area (Å²) in [4.78, 5) is 0. The minimum atomic E-state index is -1.51. The Kier molecular flexibility index (Phi) is 13.9. The van der Waals surface area contributed by atoms with Crippen molar-refractivity contribution in [3.8, 4) is 0 Å². The van der Waals surface area contributed by atoms with Gasteiger partial charge in [0.2, 0.25) is 0 Å². The molecule has 2 aliphatic heterocycles. The van der Waals surface area contributed by atoms with Crippen LogP contribution in [0.5, 0.6) is 0 Å². The molecular weight excluding hydrogens is 608 g/mol. The Morgan fingerprint density at radius 2 is 1.02 bits per heavy atom. The molecule has 45 heavy (non-hydrogen) atoms. The van der Waals surface area contributed by atoms with Crippen LogP contribution in [0.15, 0.2) is 12.4 Å². The number of ether oxygens (including phenoxy) is 6. The molecule has 0 spiro atoms. The molecule has 0 aromatic carbocycles. The Labute approximate surface area is 257 Å². The van der Waals surface area contributed by atoms with Crippen LogP contribution >= 0.6 is 0 Å². The topological polar surface area (TPSA) is 279 Å². The zero-order valence-electron chi connectivity index (χ0n) is 24.4. The number of hydrogen-bond acceptors (Lipinski definition) is 18. The van der Waals surface area contributed by atoms with Gasteiger partial charge in [0.25, 0.3) is 0 Å². The molecule has 256 valence electrons. The van der Waals surface area contributed by atoms with Crippen LogP contribution in [0.4, 0.5) is 0 Å². The van der Waals surface area contributed by atoms with E-state index in [-0.39, 0.29) is 39.5 Å². The zero-order chi connectivity index (χ0) is 32.3. The molecule has 0 radical (unpaired) electrons. The molecule has 2 saturated heterocycles. The summed E-state index contributed by atoms with van der Waals surface area (Å²) in [5.74, 6) is 0. The fraction of sp³-hybridized carbons (Fsp3) is 0.840. The third-order valence-corrected chi connectivity index (χ3v) is 7.15. The highest BCUT2D eigenvalue weighted by molar-refractivity contribution is 4.92. The SMILES string of the molecule is OC[C@H]1O[C@@H](OCCn2cc(COCCCOCc3cn(CCO[C@@H]4O[C@H](CO)[C@@H](O)[C@H](O)[C@@H]4O)nn3)nn2)[C@@H](O)[C@@H](O)[C@@H]1O. The van der Waals surface area contributed by atoms with Gasteiger partial charge in [-0.05, 0) is 6.42 Å². The molecule has 0 unspecified atom stereocenters. The molecule has 8 N–H and O–H groups in total. The first-order chi connectivity index (χ1) is 21.7. The standard InChI is InChI=1S/C25H42N6O14/c32-10-16-18(34)20(36)22(38)24(44-16)42-6-2-30-8-14(26-28-30)12-40-4-1-5-41-13-15-9-31(29-27-15)3-7-43-25-23(39)21(37)19(35)17(11-33)45-25/h8-9,16-25,32-39H,1-7,10-13H2/t16-,17-,18-,19-,20+,21+,22+,23+,24-,25-/m1/s1. The van der Waals surface area contributed by atoms with E-state index in [4.69, 9.17) is 28.4 Å². The van der Waals surface area contributed by atoms with E-state index in [9.17, 15) is 40.9 Å². The first kappa shape index (κ1) is 35.6. The normalized spacial score (nSPS) is 32.3. The van der Waals surface area contributed by atoms with Crippen LogP contribution in [0.2, 0.25) is 0 Å². The maximum Gasteiger partial charge on any atom is 0.186 e. The molecule has 0 aliphatic carbocycles. The van der Waals surface area contributed by atoms with Crippen molar-refractivity contribution in [3.05, 3.63) is 23.8 Å². The third kappa shape index (κ3) is 9.86. The highest BCUT2D eigenvalue weighted by atomic mass is 16.7. The van der Waals surface area contributed by atoms with Crippen LogP contribution in [0.1, 0.15) is 17.8 Å². The molecular formula is C25H42N6O14. The molecule has 20 nitrogen and oxygen atoms in total. The smallest absolute Gasteiger partial charge is 0.186 e. The monoisotopic (exact) mass is 650 g/mol. The molecule has 0 bridgehead atoms. The Morgan fingerprint density at radius 1 is 0.600 bits per heavy atom. The van der Waals surface area contributed by atoms with Crippen molar-refractivity contribution >= 4 is 0 Å². The number of nitrogens with zero attached hydrogens (tertiary/aromatic N) is 6. The summed E-state index contributed by atoms with van der Waals surface area (Å²) in [5.41, 5.74) is 1.19. The molecule has 0 saturated carbocycles. The maximum atomic E-state index is 10.0. The van der Waals surface area contributed by atoms with E-state index in [1.807, 2.05) is 0 Å². The van der Waals surface area contributed by atoms with Gasteiger partial charge in [-0.1, -0.05) is 10.4 Å². The maximum absolute atomic E-state index is 10.0. The van der Waals surface area contributed by atoms with Gasteiger partial charge in [-0.25, -0.2) is 9.36 Å². The van der Waals surface area contributed by atoms with E-state index in [1.54, 1.807) is 12.4 Å². The van der Waals surface area contributed by atoms with Gasteiger partial charge < -0.3 is 69.3 Å². The van der Waals surface area contributed by atoms with E-state index in [1.165, 1.54) is 9.36 Å². The second kappa shape index (κ2) is 17.6. The molecule has 2 aromatic rings. The number of aliphatic hydroxyl groups is 8. The molecule has 4 heterocycles. The lowest BCUT2D eigenvalue weighted by Crippen LogP contribution is -2.59. The van der Waals surface area contributed by atoms with Gasteiger partial charge in [-0.2, -0.15) is 0 Å². The van der Waals surface area contributed by atoms with Gasteiger partial charge in [0.15, 0.2) is 12.6 Å². The Morgan fingerprint density at radius 3 is 1.42 bits per heavy atom. The summed E-state index contributed by atoms with van der Waals surface area (Å²) in [6, 6.07) is 0. The number of hydrogen-bond donors (Lipinski definition) is 8. The van der Waals surface area contributed by atoms with E-state index >= 15 is 0 Å². The highest BCUT2D eigenvalue weighted by Crippen LogP contribution is 2.23. The molecule has 2 aromatic heterocycles. The van der Waals surface area contributed by atoms with Crippen LogP contribution < -0.4 is 0 Å². The molecule has 0 amide bonds. The Hall–Kier alpha value is -2.28. The lowest BCUT2D eigenvalue weighted by atomic mass is 9.99. The van der Waals surface area contributed by atoms with Gasteiger partial charge in [0.05, 0.1) is 65.1 Å². The van der Waals surface area contributed by atoms with Crippen LogP contribution in [0.3, 0.4) is 0 Å². The summed E-state index contributed by atoms with van der Waals surface area (Å²) in [5, 5.41) is 93.8. The minimum absolute atomic E-state index is 0.0629. The quantitative estimate of drug-likeness (QED) is 0.0699. The first-order valence-electron chi connectivity index (χ1n) is 14.5. The zero-order valence-corrected chi connectivity index (χ0v) is 24.4. The highest BCUT2D eigenvalue weighted by Gasteiger charge is 2.45. The molecule has 10 atom stereocenters. The van der Waals surface area contributed by atoms with Gasteiger partial charge in [-0.3, -0.25) is 0 Å². The third-order valence-electron chi connectivity index (χ3n) is 7.15. The van der Waals surface area contributed by atoms with Crippen molar-refractivity contribution in [1.82, 2.24) is 30.0 Å². The van der Waals surface area contributed by atoms with Gasteiger partial charge in [0.1, 0.15) is 60.2 Å². The molecule has 4 rings (SSSR count). The minimum Gasteiger partial charge on any atom is -0.394 e. The van der Waals surface area contributed by atoms with E-state index in [0.29, 0.717) is 31.0 Å². The second-order valence-corrected chi connectivity index (χ2v) is 10.5. The van der Waals surface area contributed by atoms with Crippen LogP contribution in [0, 0.1) is 0 Å². The summed E-state index contributed by atoms with van der Waals surface area (Å²) in [7, 11) is 0. The lowest BCUT2D eigenvalue weighted by Gasteiger charge is -2.39. The average Bonchev–Trinajstić information content (AvgIpc) is 3.70. The second-order valence-electron chi connectivity index (χ2n) is 10.5. The first-order valence-corrected chi connectivity index (χ1v) is 14.5. The molecule has 2 aliphatic rings. The van der Waals surface area contributed by atoms with Crippen LogP contribution in [0.25, 0.3) is 0 Å². The predicted molar refractivity (Wildman–Crippen MR) is 143 cm³/mol. The average molecular weight is 651 g/mol. The van der Waals surface area contributed by atoms with E-state index < -0.39 is 74.6 Å². The van der Waals surface area contributed by atoms with Crippen molar-refractivity contribution in [2.45, 2.75) is 94.1 Å². The van der Waals surface area contributed by atoms with Crippen molar-refractivity contribution in [3.63, 3.8) is 0 Å². The largest absolute Gasteiger partial charge is 0.394 e. The van der Waals surface area contributed by atoms with E-state index in [0.717, 1.165) is 0 Å². The number of aromatic nitrogens is 6. The van der Waals surface area contributed by atoms with E-state index in [2.05, 4.69) is 20.6 Å². The van der Waals surface area contributed by atoms with Crippen molar-refractivity contribution < 1.29 is 69.3 Å². The Balaban J connectivity index is 1.03. The van der Waals surface area contributed by atoms with Gasteiger partial charge in [0, 0.05) is 13.2 Å². The van der Waals surface area contributed by atoms with Crippen LogP contribution in [-0.4, -0.2) is 172 Å². The fourth-order valence-corrected chi connectivity index (χ4v) is 4.58. The predicted octanol–water partition coefficient (Wildman–Crippen LogP) is -5.37. The molecule has 20 heteroatoms.